The molecule has 1 aliphatic rings. The number of hydrogen-bond acceptors (Lipinski definition) is 4. The fourth-order valence-corrected chi connectivity index (χ4v) is 2.40. The molecule has 0 saturated carbocycles. The Bertz CT molecular complexity index is 682. The summed E-state index contributed by atoms with van der Waals surface area (Å²) in [7, 11) is 1.87. The second-order valence-electron chi connectivity index (χ2n) is 4.94. The molecule has 1 aromatic heterocycles. The molecule has 2 heterocycles. The minimum absolute atomic E-state index is 0.0480. The number of nitrogens with one attached hydrogen (secondary N) is 2. The molecule has 0 unspecified atom stereocenters. The average Bonchev–Trinajstić information content (AvgIpc) is 2.77. The van der Waals surface area contributed by atoms with Crippen LogP contribution < -0.4 is 10.6 Å². The van der Waals surface area contributed by atoms with Crippen LogP contribution in [0.5, 0.6) is 0 Å². The molecule has 20 heavy (non-hydrogen) atoms. The van der Waals surface area contributed by atoms with Gasteiger partial charge in [-0.2, -0.15) is 0 Å². The molecule has 2 N–H and O–H groups in total. The number of rotatable bonds is 3. The zero-order valence-electron chi connectivity index (χ0n) is 11.5. The monoisotopic (exact) mass is 268 g/mol. The van der Waals surface area contributed by atoms with Crippen LogP contribution in [0.2, 0.25) is 0 Å². The van der Waals surface area contributed by atoms with Crippen LogP contribution in [0.1, 0.15) is 17.1 Å². The lowest BCUT2D eigenvalue weighted by Gasteiger charge is -2.07. The maximum Gasteiger partial charge on any atom is 0.228 e. The molecule has 0 fully saturated rings. The lowest BCUT2D eigenvalue weighted by Crippen LogP contribution is -2.10. The Balaban J connectivity index is 2.01. The molecule has 0 spiro atoms. The fourth-order valence-electron chi connectivity index (χ4n) is 2.40. The summed E-state index contributed by atoms with van der Waals surface area (Å²) >= 11 is 0. The molecule has 0 atom stereocenters. The van der Waals surface area contributed by atoms with E-state index in [0.29, 0.717) is 13.0 Å². The first-order valence-corrected chi connectivity index (χ1v) is 6.58. The minimum atomic E-state index is 0.0480. The molecule has 0 aliphatic carbocycles. The summed E-state index contributed by atoms with van der Waals surface area (Å²) in [5, 5.41) is 5.90. The lowest BCUT2D eigenvalue weighted by atomic mass is 10.1. The van der Waals surface area contributed by atoms with Crippen LogP contribution >= 0.6 is 0 Å². The van der Waals surface area contributed by atoms with Crippen molar-refractivity contribution in [2.45, 2.75) is 19.9 Å². The highest BCUT2D eigenvalue weighted by atomic mass is 16.1. The van der Waals surface area contributed by atoms with Crippen LogP contribution in [-0.4, -0.2) is 22.9 Å². The molecule has 5 heteroatoms. The molecular weight excluding hydrogens is 252 g/mol. The number of anilines is 1. The van der Waals surface area contributed by atoms with Gasteiger partial charge in [-0.25, -0.2) is 9.97 Å². The van der Waals surface area contributed by atoms with E-state index in [-0.39, 0.29) is 5.91 Å². The molecule has 0 bridgehead atoms. The zero-order valence-corrected chi connectivity index (χ0v) is 11.5. The molecular formula is C15H16N4O. The largest absolute Gasteiger partial charge is 0.326 e. The third kappa shape index (κ3) is 2.40. The van der Waals surface area contributed by atoms with Crippen LogP contribution in [-0.2, 0) is 17.8 Å². The van der Waals surface area contributed by atoms with E-state index < -0.39 is 0 Å². The van der Waals surface area contributed by atoms with Crippen molar-refractivity contribution in [2.24, 2.45) is 0 Å². The maximum absolute atomic E-state index is 11.4. The number of hydrogen-bond donors (Lipinski definition) is 2. The maximum atomic E-state index is 11.4. The van der Waals surface area contributed by atoms with Gasteiger partial charge in [0, 0.05) is 16.9 Å². The molecule has 0 radical (unpaired) electrons. The first-order valence-electron chi connectivity index (χ1n) is 6.58. The van der Waals surface area contributed by atoms with Gasteiger partial charge in [0.1, 0.15) is 5.82 Å². The number of fused-ring (bicyclic) bond motifs is 1. The van der Waals surface area contributed by atoms with Crippen molar-refractivity contribution in [3.05, 3.63) is 41.3 Å². The standard InChI is InChI=1S/C15H16N4O/c1-9-5-13(18-14(17-9)8-16-2)10-3-4-12-11(6-10)7-15(20)19-12/h3-6,16H,7-8H2,1-2H3,(H,19,20). The molecule has 1 amide bonds. The van der Waals surface area contributed by atoms with Crippen LogP contribution in [0.25, 0.3) is 11.3 Å². The number of aryl methyl sites for hydroxylation is 1. The first-order chi connectivity index (χ1) is 9.65. The molecule has 102 valence electrons. The summed E-state index contributed by atoms with van der Waals surface area (Å²) in [5.41, 5.74) is 4.78. The van der Waals surface area contributed by atoms with Crippen molar-refractivity contribution in [2.75, 3.05) is 12.4 Å². The predicted molar refractivity (Wildman–Crippen MR) is 77.3 cm³/mol. The summed E-state index contributed by atoms with van der Waals surface area (Å²) < 4.78 is 0. The van der Waals surface area contributed by atoms with Gasteiger partial charge in [0.2, 0.25) is 5.91 Å². The van der Waals surface area contributed by atoms with Gasteiger partial charge in [0.25, 0.3) is 0 Å². The van der Waals surface area contributed by atoms with Gasteiger partial charge in [0.05, 0.1) is 18.7 Å². The molecule has 2 aromatic rings. The SMILES string of the molecule is CNCc1nc(C)cc(-c2ccc3c(c2)CC(=O)N3)n1. The fraction of sp³-hybridized carbons (Fsp3) is 0.267. The Labute approximate surface area is 117 Å². The Kier molecular flexibility index (Phi) is 3.20. The third-order valence-corrected chi connectivity index (χ3v) is 3.26. The summed E-state index contributed by atoms with van der Waals surface area (Å²) in [6.45, 7) is 2.60. The molecule has 5 nitrogen and oxygen atoms in total. The highest BCUT2D eigenvalue weighted by Gasteiger charge is 2.18. The minimum Gasteiger partial charge on any atom is -0.326 e. The summed E-state index contributed by atoms with van der Waals surface area (Å²) in [6, 6.07) is 7.91. The normalized spacial score (nSPS) is 13.2. The van der Waals surface area contributed by atoms with Crippen molar-refractivity contribution in [1.82, 2.24) is 15.3 Å². The van der Waals surface area contributed by atoms with Crippen molar-refractivity contribution >= 4 is 11.6 Å². The number of benzene rings is 1. The number of nitrogens with zero attached hydrogens (tertiary/aromatic N) is 2. The summed E-state index contributed by atoms with van der Waals surface area (Å²) in [6.07, 6.45) is 0.441. The van der Waals surface area contributed by atoms with E-state index in [4.69, 9.17) is 0 Å². The van der Waals surface area contributed by atoms with Crippen molar-refractivity contribution in [1.29, 1.82) is 0 Å². The lowest BCUT2D eigenvalue weighted by molar-refractivity contribution is -0.115. The van der Waals surface area contributed by atoms with Crippen LogP contribution in [0.15, 0.2) is 24.3 Å². The Morgan fingerprint density at radius 2 is 2.15 bits per heavy atom. The van der Waals surface area contributed by atoms with Crippen molar-refractivity contribution < 1.29 is 4.79 Å². The number of carbonyl (C=O) groups is 1. The summed E-state index contributed by atoms with van der Waals surface area (Å²) in [5.74, 6) is 0.823. The van der Waals surface area contributed by atoms with E-state index in [2.05, 4.69) is 20.6 Å². The highest BCUT2D eigenvalue weighted by Crippen LogP contribution is 2.28. The Hall–Kier alpha value is -2.27. The first kappa shape index (κ1) is 12.7. The Morgan fingerprint density at radius 1 is 1.30 bits per heavy atom. The van der Waals surface area contributed by atoms with Gasteiger partial charge in [-0.05, 0) is 37.7 Å². The van der Waals surface area contributed by atoms with E-state index in [0.717, 1.165) is 34.0 Å². The molecule has 3 rings (SSSR count). The topological polar surface area (TPSA) is 66.9 Å². The molecule has 1 aliphatic heterocycles. The smallest absolute Gasteiger partial charge is 0.228 e. The molecule has 1 aromatic carbocycles. The predicted octanol–water partition coefficient (Wildman–Crippen LogP) is 1.67. The number of aromatic nitrogens is 2. The van der Waals surface area contributed by atoms with E-state index >= 15 is 0 Å². The van der Waals surface area contributed by atoms with Gasteiger partial charge >= 0.3 is 0 Å². The van der Waals surface area contributed by atoms with Crippen molar-refractivity contribution in [3.8, 4) is 11.3 Å². The van der Waals surface area contributed by atoms with Crippen LogP contribution in [0, 0.1) is 6.92 Å². The van der Waals surface area contributed by atoms with Crippen molar-refractivity contribution in [3.63, 3.8) is 0 Å². The molecule has 0 saturated heterocycles. The van der Waals surface area contributed by atoms with Gasteiger partial charge in [0.15, 0.2) is 0 Å². The average molecular weight is 268 g/mol. The van der Waals surface area contributed by atoms with Gasteiger partial charge in [-0.1, -0.05) is 6.07 Å². The van der Waals surface area contributed by atoms with E-state index in [9.17, 15) is 4.79 Å². The van der Waals surface area contributed by atoms with E-state index in [1.807, 2.05) is 38.2 Å². The highest BCUT2D eigenvalue weighted by molar-refractivity contribution is 5.99. The van der Waals surface area contributed by atoms with Gasteiger partial charge in [-0.15, -0.1) is 0 Å². The van der Waals surface area contributed by atoms with E-state index in [1.54, 1.807) is 0 Å². The number of amides is 1. The van der Waals surface area contributed by atoms with Gasteiger partial charge in [-0.3, -0.25) is 4.79 Å². The van der Waals surface area contributed by atoms with Crippen LogP contribution in [0.3, 0.4) is 0 Å². The second kappa shape index (κ2) is 5.02. The summed E-state index contributed by atoms with van der Waals surface area (Å²) in [4.78, 5) is 20.3. The van der Waals surface area contributed by atoms with Crippen LogP contribution in [0.4, 0.5) is 5.69 Å². The second-order valence-corrected chi connectivity index (χ2v) is 4.94. The Morgan fingerprint density at radius 3 is 2.95 bits per heavy atom. The van der Waals surface area contributed by atoms with Gasteiger partial charge < -0.3 is 10.6 Å². The number of carbonyl (C=O) groups excluding carboxylic acids is 1. The quantitative estimate of drug-likeness (QED) is 0.888. The van der Waals surface area contributed by atoms with E-state index in [1.165, 1.54) is 0 Å². The zero-order chi connectivity index (χ0) is 14.1. The third-order valence-electron chi connectivity index (χ3n) is 3.26.